The van der Waals surface area contributed by atoms with Gasteiger partial charge in [-0.2, -0.15) is 9.78 Å². The molecule has 0 unspecified atom stereocenters. The first kappa shape index (κ1) is 21.6. The van der Waals surface area contributed by atoms with Crippen LogP contribution >= 0.6 is 0 Å². The predicted octanol–water partition coefficient (Wildman–Crippen LogP) is 2.24. The molecule has 0 aliphatic carbocycles. The zero-order valence-electron chi connectivity index (χ0n) is 18.0. The van der Waals surface area contributed by atoms with Crippen molar-refractivity contribution < 1.29 is 14.2 Å². The molecule has 4 rings (SSSR count). The van der Waals surface area contributed by atoms with Crippen molar-refractivity contribution >= 4 is 17.4 Å². The summed E-state index contributed by atoms with van der Waals surface area (Å²) >= 11 is 0. The quantitative estimate of drug-likeness (QED) is 0.305. The number of nitrogens with zero attached hydrogens (tertiary/aromatic N) is 7. The van der Waals surface area contributed by atoms with Crippen LogP contribution in [0.25, 0.3) is 17.1 Å². The van der Waals surface area contributed by atoms with E-state index in [0.29, 0.717) is 29.3 Å². The summed E-state index contributed by atoms with van der Waals surface area (Å²) in [6.45, 7) is 4.39. The number of hydrogen-bond donors (Lipinski definition) is 2. The molecule has 0 saturated heterocycles. The average molecular weight is 447 g/mol. The van der Waals surface area contributed by atoms with E-state index in [1.807, 2.05) is 6.92 Å². The monoisotopic (exact) mass is 447 g/mol. The molecule has 4 aromatic rings. The first-order valence-electron chi connectivity index (χ1n) is 10.1. The van der Waals surface area contributed by atoms with Crippen molar-refractivity contribution in [3.8, 4) is 22.8 Å². The van der Waals surface area contributed by atoms with Gasteiger partial charge in [0.1, 0.15) is 11.4 Å². The van der Waals surface area contributed by atoms with Gasteiger partial charge >= 0.3 is 0 Å². The summed E-state index contributed by atoms with van der Waals surface area (Å²) in [5.74, 6) is 0.249. The Morgan fingerprint density at radius 3 is 2.61 bits per heavy atom. The summed E-state index contributed by atoms with van der Waals surface area (Å²) in [6, 6.07) is 10.7. The normalized spacial score (nSPS) is 11.4. The van der Waals surface area contributed by atoms with Gasteiger partial charge in [0.2, 0.25) is 11.6 Å². The van der Waals surface area contributed by atoms with Crippen LogP contribution in [0.1, 0.15) is 36.3 Å². The van der Waals surface area contributed by atoms with Crippen molar-refractivity contribution in [3.63, 3.8) is 0 Å². The maximum absolute atomic E-state index is 13.0. The van der Waals surface area contributed by atoms with Gasteiger partial charge in [0.15, 0.2) is 5.69 Å². The van der Waals surface area contributed by atoms with E-state index in [1.165, 1.54) is 4.68 Å². The summed E-state index contributed by atoms with van der Waals surface area (Å²) in [7, 11) is 0. The number of hydrogen-bond acceptors (Lipinski definition) is 10. The molecular weight excluding hydrogens is 426 g/mol. The Morgan fingerprint density at radius 2 is 1.94 bits per heavy atom. The second kappa shape index (κ2) is 9.68. The molecule has 0 spiro atoms. The van der Waals surface area contributed by atoms with Gasteiger partial charge in [-0.3, -0.25) is 9.78 Å². The number of benzene rings is 1. The van der Waals surface area contributed by atoms with E-state index in [2.05, 4.69) is 36.1 Å². The first-order valence-corrected chi connectivity index (χ1v) is 10.1. The molecule has 33 heavy (non-hydrogen) atoms. The van der Waals surface area contributed by atoms with Gasteiger partial charge in [0, 0.05) is 23.5 Å². The van der Waals surface area contributed by atoms with E-state index >= 15 is 0 Å². The summed E-state index contributed by atoms with van der Waals surface area (Å²) in [4.78, 5) is 17.0. The summed E-state index contributed by atoms with van der Waals surface area (Å²) in [5, 5.41) is 19.6. The van der Waals surface area contributed by atoms with Crippen LogP contribution in [0.2, 0.25) is 0 Å². The summed E-state index contributed by atoms with van der Waals surface area (Å²) < 4.78 is 11.6. The Hall–Kier alpha value is -4.61. The van der Waals surface area contributed by atoms with Gasteiger partial charge in [-0.1, -0.05) is 12.1 Å². The number of nitrogen functional groups attached to an aromatic ring is 1. The molecule has 1 amide bonds. The van der Waals surface area contributed by atoms with Crippen molar-refractivity contribution in [2.75, 3.05) is 12.3 Å². The van der Waals surface area contributed by atoms with Crippen LogP contribution in [0.5, 0.6) is 5.75 Å². The molecule has 0 bridgehead atoms. The van der Waals surface area contributed by atoms with Crippen LogP contribution in [0.15, 0.2) is 58.5 Å². The van der Waals surface area contributed by atoms with Gasteiger partial charge in [-0.15, -0.1) is 5.10 Å². The highest BCUT2D eigenvalue weighted by Crippen LogP contribution is 2.28. The van der Waals surface area contributed by atoms with Crippen LogP contribution < -0.4 is 15.9 Å². The van der Waals surface area contributed by atoms with Crippen molar-refractivity contribution in [1.82, 2.24) is 35.7 Å². The topological polar surface area (TPSA) is 159 Å². The Morgan fingerprint density at radius 1 is 1.18 bits per heavy atom. The number of pyridine rings is 1. The molecule has 0 aliphatic rings. The van der Waals surface area contributed by atoms with Gasteiger partial charge in [-0.25, -0.2) is 10.1 Å². The number of aromatic nitrogens is 6. The van der Waals surface area contributed by atoms with E-state index < -0.39 is 5.91 Å². The lowest BCUT2D eigenvalue weighted by atomic mass is 10.1. The van der Waals surface area contributed by atoms with Crippen LogP contribution in [-0.4, -0.2) is 48.5 Å². The standard InChI is InChI=1S/C21H21N9O3/c1-3-12-32-16-6-4-15(5-7-16)18-17(25-29-30(18)20-19(22)27-33-28-20)21(31)26-24-13(2)14-8-10-23-11-9-14/h4-11H,3,12H2,1-2H3,(H2,22,27)(H,26,31). The molecule has 168 valence electrons. The van der Waals surface area contributed by atoms with Crippen molar-refractivity contribution in [3.05, 3.63) is 60.0 Å². The molecule has 0 radical (unpaired) electrons. The van der Waals surface area contributed by atoms with Crippen molar-refractivity contribution in [1.29, 1.82) is 0 Å². The van der Waals surface area contributed by atoms with E-state index in [4.69, 9.17) is 15.1 Å². The zero-order valence-corrected chi connectivity index (χ0v) is 18.0. The number of rotatable bonds is 8. The second-order valence-electron chi connectivity index (χ2n) is 6.92. The van der Waals surface area contributed by atoms with Gasteiger partial charge < -0.3 is 10.5 Å². The number of ether oxygens (including phenoxy) is 1. The van der Waals surface area contributed by atoms with Crippen molar-refractivity contribution in [2.24, 2.45) is 5.10 Å². The Balaban J connectivity index is 1.69. The maximum Gasteiger partial charge on any atom is 0.294 e. The summed E-state index contributed by atoms with van der Waals surface area (Å²) in [5.41, 5.74) is 10.8. The molecule has 3 aromatic heterocycles. The smallest absolute Gasteiger partial charge is 0.294 e. The van der Waals surface area contributed by atoms with E-state index in [1.54, 1.807) is 55.7 Å². The second-order valence-corrected chi connectivity index (χ2v) is 6.92. The number of nitrogens with two attached hydrogens (primary N) is 1. The van der Waals surface area contributed by atoms with Crippen LogP contribution in [0.3, 0.4) is 0 Å². The van der Waals surface area contributed by atoms with Gasteiger partial charge in [-0.05, 0) is 60.1 Å². The minimum Gasteiger partial charge on any atom is -0.494 e. The molecule has 0 saturated carbocycles. The third kappa shape index (κ3) is 4.69. The highest BCUT2D eigenvalue weighted by molar-refractivity contribution is 6.02. The predicted molar refractivity (Wildman–Crippen MR) is 119 cm³/mol. The zero-order chi connectivity index (χ0) is 23.2. The molecule has 0 fully saturated rings. The van der Waals surface area contributed by atoms with E-state index in [9.17, 15) is 4.79 Å². The Bertz CT molecular complexity index is 1260. The molecule has 0 aliphatic heterocycles. The fraction of sp³-hybridized carbons (Fsp3) is 0.190. The SMILES string of the molecule is CCCOc1ccc(-c2c(C(=O)NN=C(C)c3ccncc3)nnn2-c2nonc2N)cc1. The molecule has 1 aromatic carbocycles. The lowest BCUT2D eigenvalue weighted by Gasteiger charge is -2.08. The van der Waals surface area contributed by atoms with Crippen LogP contribution in [0, 0.1) is 0 Å². The largest absolute Gasteiger partial charge is 0.494 e. The van der Waals surface area contributed by atoms with Crippen LogP contribution in [-0.2, 0) is 0 Å². The number of carbonyl (C=O) groups excluding carboxylic acids is 1. The average Bonchev–Trinajstić information content (AvgIpc) is 3.48. The molecule has 3 N–H and O–H groups in total. The van der Waals surface area contributed by atoms with Gasteiger partial charge in [0.05, 0.1) is 12.3 Å². The minimum atomic E-state index is -0.564. The molecule has 12 heteroatoms. The molecule has 0 atom stereocenters. The lowest BCUT2D eigenvalue weighted by Crippen LogP contribution is -2.21. The lowest BCUT2D eigenvalue weighted by molar-refractivity contribution is 0.0950. The van der Waals surface area contributed by atoms with E-state index in [-0.39, 0.29) is 17.3 Å². The fourth-order valence-corrected chi connectivity index (χ4v) is 2.95. The van der Waals surface area contributed by atoms with Gasteiger partial charge in [0.25, 0.3) is 5.91 Å². The minimum absolute atomic E-state index is 0.00237. The Labute approximate surface area is 188 Å². The molecular formula is C21H21N9O3. The number of amides is 1. The summed E-state index contributed by atoms with van der Waals surface area (Å²) in [6.07, 6.45) is 4.18. The highest BCUT2D eigenvalue weighted by Gasteiger charge is 2.25. The Kier molecular flexibility index (Phi) is 6.34. The maximum atomic E-state index is 13.0. The number of nitrogens with one attached hydrogen (secondary N) is 1. The highest BCUT2D eigenvalue weighted by atomic mass is 16.6. The van der Waals surface area contributed by atoms with Crippen LogP contribution in [0.4, 0.5) is 5.82 Å². The third-order valence-corrected chi connectivity index (χ3v) is 4.61. The number of hydrazone groups is 1. The third-order valence-electron chi connectivity index (χ3n) is 4.61. The number of carbonyl (C=O) groups is 1. The number of anilines is 1. The van der Waals surface area contributed by atoms with E-state index in [0.717, 1.165) is 12.0 Å². The van der Waals surface area contributed by atoms with Crippen molar-refractivity contribution in [2.45, 2.75) is 20.3 Å². The fourth-order valence-electron chi connectivity index (χ4n) is 2.95. The molecule has 3 heterocycles. The first-order chi connectivity index (χ1) is 16.1. The molecule has 12 nitrogen and oxygen atoms in total.